The van der Waals surface area contributed by atoms with Crippen molar-refractivity contribution in [1.82, 2.24) is 4.98 Å². The van der Waals surface area contributed by atoms with Gasteiger partial charge in [-0.05, 0) is 92.1 Å². The molecule has 0 bridgehead atoms. The molecule has 1 aromatic heterocycles. The van der Waals surface area contributed by atoms with Gasteiger partial charge >= 0.3 is 0 Å². The van der Waals surface area contributed by atoms with Crippen molar-refractivity contribution in [3.63, 3.8) is 0 Å². The highest BCUT2D eigenvalue weighted by Crippen LogP contribution is 2.60. The molecule has 0 saturated heterocycles. The lowest BCUT2D eigenvalue weighted by Crippen LogP contribution is -2.35. The van der Waals surface area contributed by atoms with Crippen molar-refractivity contribution in [3.8, 4) is 0 Å². The number of hydrogen-bond donors (Lipinski definition) is 3. The number of oxazole rings is 1. The number of hydrogen-bond acceptors (Lipinski definition) is 5. The highest BCUT2D eigenvalue weighted by molar-refractivity contribution is 5.38. The van der Waals surface area contributed by atoms with Crippen molar-refractivity contribution in [2.45, 2.75) is 128 Å². The molecule has 5 heteroatoms. The first-order valence-electron chi connectivity index (χ1n) is 15.9. The van der Waals surface area contributed by atoms with Crippen LogP contribution >= 0.6 is 0 Å². The van der Waals surface area contributed by atoms with Crippen molar-refractivity contribution in [2.75, 3.05) is 0 Å². The Kier molecular flexibility index (Phi) is 8.94. The van der Waals surface area contributed by atoms with Crippen LogP contribution in [0.4, 0.5) is 0 Å². The van der Waals surface area contributed by atoms with Gasteiger partial charge in [-0.2, -0.15) is 0 Å². The quantitative estimate of drug-likeness (QED) is 0.213. The van der Waals surface area contributed by atoms with Crippen LogP contribution in [0.25, 0.3) is 0 Å². The fourth-order valence-corrected chi connectivity index (χ4v) is 8.18. The zero-order valence-electron chi connectivity index (χ0n) is 24.9. The van der Waals surface area contributed by atoms with Gasteiger partial charge in [-0.25, -0.2) is 4.98 Å². The fourth-order valence-electron chi connectivity index (χ4n) is 8.18. The number of fused-ring (bicyclic) bond motifs is 1. The Morgan fingerprint density at radius 1 is 1.15 bits per heavy atom. The van der Waals surface area contributed by atoms with Crippen LogP contribution in [-0.2, 0) is 11.8 Å². The van der Waals surface area contributed by atoms with Crippen molar-refractivity contribution in [2.24, 2.45) is 23.2 Å². The molecule has 4 saturated carbocycles. The van der Waals surface area contributed by atoms with E-state index in [4.69, 9.17) is 4.42 Å². The summed E-state index contributed by atoms with van der Waals surface area (Å²) in [5.41, 5.74) is 3.15. The number of allylic oxidation sites excluding steroid dienone is 4. The maximum atomic E-state index is 11.3. The molecule has 4 fully saturated rings. The minimum absolute atomic E-state index is 0.243. The summed E-state index contributed by atoms with van der Waals surface area (Å²) in [6.45, 7) is 11.1. The van der Waals surface area contributed by atoms with Crippen LogP contribution in [-0.4, -0.2) is 38.6 Å². The van der Waals surface area contributed by atoms with Crippen LogP contribution in [0.3, 0.4) is 0 Å². The Labute approximate surface area is 241 Å². The molecule has 5 nitrogen and oxygen atoms in total. The van der Waals surface area contributed by atoms with Crippen LogP contribution in [0.1, 0.15) is 109 Å². The zero-order chi connectivity index (χ0) is 28.5. The second-order valence-corrected chi connectivity index (χ2v) is 13.6. The summed E-state index contributed by atoms with van der Waals surface area (Å²) >= 11 is 0. The topological polar surface area (TPSA) is 86.7 Å². The molecular formula is C35H51NO4. The molecule has 220 valence electrons. The van der Waals surface area contributed by atoms with Crippen LogP contribution in [0.2, 0.25) is 0 Å². The second-order valence-electron chi connectivity index (χ2n) is 13.6. The average Bonchev–Trinajstić information content (AvgIpc) is 3.46. The molecule has 1 aromatic rings. The van der Waals surface area contributed by atoms with E-state index in [2.05, 4.69) is 50.6 Å². The standard InChI is InChI=1S/C35H51NO4/c1-5-6-7-10-28-22-36-33(40-28)35(18-19-35)32(39)16-11-23(2)29-14-15-30-25(9-8-17-34(29,30)4)12-13-26-20-27(37)21-31(38)24(26)3/h11-13,16,22-23,27,29-32,37-39H,3,5-10,14-15,17-21H2,1-2,4H3/b16-11+,25-12+,26-13-/t23-,27+,29+,30-,31-,32+,34+/m0/s1. The summed E-state index contributed by atoms with van der Waals surface area (Å²) < 4.78 is 6.12. The predicted octanol–water partition coefficient (Wildman–Crippen LogP) is 7.13. The van der Waals surface area contributed by atoms with Gasteiger partial charge in [0.2, 0.25) is 5.89 Å². The summed E-state index contributed by atoms with van der Waals surface area (Å²) in [6, 6.07) is 0. The number of nitrogens with zero attached hydrogens (tertiary/aromatic N) is 1. The second kappa shape index (κ2) is 12.1. The van der Waals surface area contributed by atoms with Crippen molar-refractivity contribution >= 4 is 0 Å². The predicted molar refractivity (Wildman–Crippen MR) is 160 cm³/mol. The number of aryl methyl sites for hydroxylation is 1. The minimum atomic E-state index is -0.643. The van der Waals surface area contributed by atoms with Gasteiger partial charge in [0.05, 0.1) is 29.9 Å². The van der Waals surface area contributed by atoms with Gasteiger partial charge < -0.3 is 19.7 Å². The first-order chi connectivity index (χ1) is 19.2. The Bertz CT molecular complexity index is 1140. The van der Waals surface area contributed by atoms with E-state index in [0.29, 0.717) is 36.5 Å². The van der Waals surface area contributed by atoms with Crippen LogP contribution < -0.4 is 0 Å². The minimum Gasteiger partial charge on any atom is -0.445 e. The molecule has 5 rings (SSSR count). The van der Waals surface area contributed by atoms with Crippen LogP contribution in [0, 0.1) is 23.2 Å². The van der Waals surface area contributed by atoms with Gasteiger partial charge in [-0.15, -0.1) is 0 Å². The zero-order valence-corrected chi connectivity index (χ0v) is 24.9. The lowest BCUT2D eigenvalue weighted by molar-refractivity contribution is 0.0862. The number of unbranched alkanes of at least 4 members (excludes halogenated alkanes) is 2. The first-order valence-corrected chi connectivity index (χ1v) is 15.9. The van der Waals surface area contributed by atoms with E-state index < -0.39 is 18.3 Å². The molecule has 0 aromatic carbocycles. The Morgan fingerprint density at radius 2 is 1.95 bits per heavy atom. The molecule has 0 aliphatic heterocycles. The Balaban J connectivity index is 1.24. The average molecular weight is 550 g/mol. The molecule has 3 N–H and O–H groups in total. The number of aliphatic hydroxyl groups excluding tert-OH is 3. The van der Waals surface area contributed by atoms with Gasteiger partial charge in [-0.1, -0.05) is 70.1 Å². The van der Waals surface area contributed by atoms with Crippen molar-refractivity contribution in [3.05, 3.63) is 65.5 Å². The third kappa shape index (κ3) is 5.84. The van der Waals surface area contributed by atoms with Gasteiger partial charge in [0.1, 0.15) is 5.76 Å². The van der Waals surface area contributed by atoms with Gasteiger partial charge in [-0.3, -0.25) is 0 Å². The van der Waals surface area contributed by atoms with Crippen LogP contribution in [0.5, 0.6) is 0 Å². The summed E-state index contributed by atoms with van der Waals surface area (Å²) in [5.74, 6) is 3.18. The number of aliphatic hydroxyl groups is 3. The highest BCUT2D eigenvalue weighted by Gasteiger charge is 2.54. The lowest BCUT2D eigenvalue weighted by Gasteiger charge is -2.44. The van der Waals surface area contributed by atoms with Crippen molar-refractivity contribution < 1.29 is 19.7 Å². The molecule has 0 radical (unpaired) electrons. The van der Waals surface area contributed by atoms with Crippen LogP contribution in [0.15, 0.2) is 58.2 Å². The maximum absolute atomic E-state index is 11.3. The molecule has 0 amide bonds. The van der Waals surface area contributed by atoms with E-state index >= 15 is 0 Å². The molecule has 1 heterocycles. The van der Waals surface area contributed by atoms with E-state index in [9.17, 15) is 15.3 Å². The molecule has 4 aliphatic carbocycles. The molecule has 7 atom stereocenters. The molecule has 4 aliphatic rings. The van der Waals surface area contributed by atoms with Crippen molar-refractivity contribution in [1.29, 1.82) is 0 Å². The third-order valence-electron chi connectivity index (χ3n) is 10.9. The Morgan fingerprint density at radius 3 is 2.70 bits per heavy atom. The SMILES string of the molecule is C=C1/C(=C\C=C2/CCC[C@]3(C)[C@@H]([C@@H](C)/C=C/[C@@H](O)C4(c5ncc(CCCCC)o5)CC4)CC[C@@H]23)C[C@@H](O)C[C@@H]1O. The maximum Gasteiger partial charge on any atom is 0.203 e. The molecule has 40 heavy (non-hydrogen) atoms. The summed E-state index contributed by atoms with van der Waals surface area (Å²) in [5, 5.41) is 31.6. The van der Waals surface area contributed by atoms with E-state index in [1.54, 1.807) is 0 Å². The lowest BCUT2D eigenvalue weighted by atomic mass is 9.61. The van der Waals surface area contributed by atoms with E-state index in [0.717, 1.165) is 49.0 Å². The smallest absolute Gasteiger partial charge is 0.203 e. The normalized spacial score (nSPS) is 35.4. The highest BCUT2D eigenvalue weighted by atomic mass is 16.4. The third-order valence-corrected chi connectivity index (χ3v) is 10.9. The van der Waals surface area contributed by atoms with E-state index in [1.165, 1.54) is 44.1 Å². The Hall–Kier alpha value is -1.95. The number of aromatic nitrogens is 1. The molecular weight excluding hydrogens is 498 g/mol. The van der Waals surface area contributed by atoms with E-state index in [-0.39, 0.29) is 10.8 Å². The molecule has 0 unspecified atom stereocenters. The first kappa shape index (κ1) is 29.5. The van der Waals surface area contributed by atoms with E-state index in [1.807, 2.05) is 12.3 Å². The fraction of sp³-hybridized carbons (Fsp3) is 0.686. The van der Waals surface area contributed by atoms with Gasteiger partial charge in [0, 0.05) is 12.8 Å². The summed E-state index contributed by atoms with van der Waals surface area (Å²) in [7, 11) is 0. The van der Waals surface area contributed by atoms with Gasteiger partial charge in [0.25, 0.3) is 0 Å². The number of rotatable bonds is 10. The molecule has 0 spiro atoms. The van der Waals surface area contributed by atoms with Gasteiger partial charge in [0.15, 0.2) is 0 Å². The summed E-state index contributed by atoms with van der Waals surface area (Å²) in [4.78, 5) is 4.59. The summed E-state index contributed by atoms with van der Waals surface area (Å²) in [6.07, 6.45) is 22.1. The largest absolute Gasteiger partial charge is 0.445 e. The monoisotopic (exact) mass is 549 g/mol.